The molecule has 10 N–H and O–H groups in total. The molecule has 2 amide bonds. The van der Waals surface area contributed by atoms with E-state index in [1.54, 1.807) is 0 Å². The molecule has 0 aliphatic rings. The van der Waals surface area contributed by atoms with Crippen LogP contribution in [0.1, 0.15) is 12.8 Å². The molecule has 0 saturated carbocycles. The number of primary amides is 2. The summed E-state index contributed by atoms with van der Waals surface area (Å²) in [7, 11) is 1.30. The number of hydrogen-bond acceptors (Lipinski definition) is 5. The van der Waals surface area contributed by atoms with Gasteiger partial charge >= 0.3 is 12.0 Å². The molecule has 9 heteroatoms. The van der Waals surface area contributed by atoms with Crippen LogP contribution in [0.4, 0.5) is 4.79 Å². The van der Waals surface area contributed by atoms with Crippen LogP contribution in [0.2, 0.25) is 0 Å². The third-order valence-electron chi connectivity index (χ3n) is 1.51. The molecule has 0 spiro atoms. The van der Waals surface area contributed by atoms with Gasteiger partial charge in [0, 0.05) is 6.54 Å². The van der Waals surface area contributed by atoms with E-state index in [9.17, 15) is 4.79 Å². The number of rotatable bonds is 5. The van der Waals surface area contributed by atoms with Crippen molar-refractivity contribution in [1.82, 2.24) is 5.32 Å². The maximum absolute atomic E-state index is 10.8. The summed E-state index contributed by atoms with van der Waals surface area (Å²) in [5, 5.41) is 9.46. The van der Waals surface area contributed by atoms with Crippen molar-refractivity contribution in [2.45, 2.75) is 18.9 Å². The monoisotopic (exact) mass is 248 g/mol. The van der Waals surface area contributed by atoms with Gasteiger partial charge in [0.05, 0.1) is 7.11 Å². The molecule has 1 atom stereocenters. The maximum Gasteiger partial charge on any atom is 0.322 e. The second-order valence-electron chi connectivity index (χ2n) is 3.01. The van der Waals surface area contributed by atoms with Crippen LogP contribution in [-0.2, 0) is 9.53 Å². The predicted octanol–water partition coefficient (Wildman–Crippen LogP) is -2.23. The van der Waals surface area contributed by atoms with Crippen molar-refractivity contribution in [1.29, 1.82) is 5.41 Å². The van der Waals surface area contributed by atoms with Crippen molar-refractivity contribution in [2.24, 2.45) is 22.9 Å². The van der Waals surface area contributed by atoms with E-state index in [4.69, 9.17) is 21.7 Å². The van der Waals surface area contributed by atoms with Gasteiger partial charge in [0.2, 0.25) is 0 Å². The molecule has 0 aliphatic carbocycles. The SMILES string of the molecule is COC(=O)C(N)CCCNC(=N)N.NC(N)=O. The fourth-order valence-electron chi connectivity index (χ4n) is 0.814. The van der Waals surface area contributed by atoms with Gasteiger partial charge in [0.25, 0.3) is 0 Å². The number of ether oxygens (including phenoxy) is 1. The van der Waals surface area contributed by atoms with E-state index in [0.29, 0.717) is 19.4 Å². The second kappa shape index (κ2) is 10.5. The molecule has 0 bridgehead atoms. The van der Waals surface area contributed by atoms with Crippen molar-refractivity contribution in [3.05, 3.63) is 0 Å². The first kappa shape index (κ1) is 17.4. The van der Waals surface area contributed by atoms with Crippen molar-refractivity contribution in [3.8, 4) is 0 Å². The first-order chi connectivity index (χ1) is 7.81. The lowest BCUT2D eigenvalue weighted by atomic mass is 10.2. The number of amides is 2. The van der Waals surface area contributed by atoms with E-state index >= 15 is 0 Å². The van der Waals surface area contributed by atoms with Crippen LogP contribution in [0.5, 0.6) is 0 Å². The van der Waals surface area contributed by atoms with Crippen molar-refractivity contribution >= 4 is 18.0 Å². The average Bonchev–Trinajstić information content (AvgIpc) is 2.21. The number of nitrogens with one attached hydrogen (secondary N) is 2. The second-order valence-corrected chi connectivity index (χ2v) is 3.01. The Morgan fingerprint density at radius 1 is 1.35 bits per heavy atom. The largest absolute Gasteiger partial charge is 0.468 e. The molecule has 0 radical (unpaired) electrons. The van der Waals surface area contributed by atoms with Crippen molar-refractivity contribution in [2.75, 3.05) is 13.7 Å². The van der Waals surface area contributed by atoms with E-state index in [1.165, 1.54) is 7.11 Å². The third kappa shape index (κ3) is 16.6. The van der Waals surface area contributed by atoms with Gasteiger partial charge in [0.1, 0.15) is 6.04 Å². The Bertz CT molecular complexity index is 254. The Balaban J connectivity index is 0. The minimum atomic E-state index is -0.833. The number of nitrogens with two attached hydrogens (primary N) is 4. The summed E-state index contributed by atoms with van der Waals surface area (Å²) >= 11 is 0. The zero-order chi connectivity index (χ0) is 13.8. The Morgan fingerprint density at radius 2 is 1.82 bits per heavy atom. The molecule has 17 heavy (non-hydrogen) atoms. The molecule has 0 aromatic heterocycles. The van der Waals surface area contributed by atoms with E-state index in [0.717, 1.165) is 0 Å². The quantitative estimate of drug-likeness (QED) is 0.138. The van der Waals surface area contributed by atoms with Gasteiger partial charge in [-0.3, -0.25) is 10.2 Å². The Labute approximate surface area is 99.3 Å². The number of guanidine groups is 1. The van der Waals surface area contributed by atoms with Crippen LogP contribution < -0.4 is 28.3 Å². The molecular formula is C8H20N6O3. The van der Waals surface area contributed by atoms with E-state index in [-0.39, 0.29) is 5.96 Å². The first-order valence-corrected chi connectivity index (χ1v) is 4.77. The Kier molecular flexibility index (Phi) is 10.7. The summed E-state index contributed by atoms with van der Waals surface area (Å²) in [5.74, 6) is -0.491. The van der Waals surface area contributed by atoms with Crippen molar-refractivity contribution < 1.29 is 14.3 Å². The zero-order valence-corrected chi connectivity index (χ0v) is 9.73. The van der Waals surface area contributed by atoms with E-state index in [1.807, 2.05) is 0 Å². The number of carbonyl (C=O) groups excluding carboxylic acids is 2. The van der Waals surface area contributed by atoms with E-state index in [2.05, 4.69) is 21.5 Å². The van der Waals surface area contributed by atoms with Crippen LogP contribution in [0.3, 0.4) is 0 Å². The van der Waals surface area contributed by atoms with Crippen LogP contribution in [0.15, 0.2) is 0 Å². The lowest BCUT2D eigenvalue weighted by Crippen LogP contribution is -2.34. The number of urea groups is 1. The number of methoxy groups -OCH3 is 1. The normalized spacial score (nSPS) is 10.5. The lowest BCUT2D eigenvalue weighted by molar-refractivity contribution is -0.142. The molecule has 100 valence electrons. The molecule has 0 rings (SSSR count). The fourth-order valence-corrected chi connectivity index (χ4v) is 0.814. The molecule has 9 nitrogen and oxygen atoms in total. The zero-order valence-electron chi connectivity index (χ0n) is 9.73. The summed E-state index contributed by atoms with van der Waals surface area (Å²) in [6, 6.07) is -1.42. The number of hydrogen-bond donors (Lipinski definition) is 6. The summed E-state index contributed by atoms with van der Waals surface area (Å²) < 4.78 is 4.44. The predicted molar refractivity (Wildman–Crippen MR) is 62.9 cm³/mol. The topological polar surface area (TPSA) is 183 Å². The number of esters is 1. The van der Waals surface area contributed by atoms with Gasteiger partial charge in [-0.2, -0.15) is 0 Å². The summed E-state index contributed by atoms with van der Waals surface area (Å²) in [5.41, 5.74) is 19.0. The van der Waals surface area contributed by atoms with Gasteiger partial charge in [-0.05, 0) is 12.8 Å². The van der Waals surface area contributed by atoms with Crippen LogP contribution in [-0.4, -0.2) is 37.7 Å². The average molecular weight is 248 g/mol. The number of carbonyl (C=O) groups is 2. The van der Waals surface area contributed by atoms with Gasteiger partial charge in [-0.1, -0.05) is 0 Å². The van der Waals surface area contributed by atoms with Crippen molar-refractivity contribution in [3.63, 3.8) is 0 Å². The highest BCUT2D eigenvalue weighted by Crippen LogP contribution is 1.94. The lowest BCUT2D eigenvalue weighted by Gasteiger charge is -2.08. The van der Waals surface area contributed by atoms with Gasteiger partial charge < -0.3 is 33.0 Å². The standard InChI is InChI=1S/C7H16N4O2.CH4N2O/c1-13-6(12)5(8)3-2-4-11-7(9)10;2-1(3)4/h5H,2-4,8H2,1H3,(H4,9,10,11);(H4,2,3,4). The minimum Gasteiger partial charge on any atom is -0.468 e. The maximum atomic E-state index is 10.8. The van der Waals surface area contributed by atoms with Gasteiger partial charge in [-0.25, -0.2) is 4.79 Å². The van der Waals surface area contributed by atoms with Gasteiger partial charge in [-0.15, -0.1) is 0 Å². The Hall–Kier alpha value is -2.03. The first-order valence-electron chi connectivity index (χ1n) is 4.77. The molecule has 0 heterocycles. The molecule has 0 aromatic carbocycles. The third-order valence-corrected chi connectivity index (χ3v) is 1.51. The smallest absolute Gasteiger partial charge is 0.322 e. The highest BCUT2D eigenvalue weighted by molar-refractivity contribution is 5.75. The fraction of sp³-hybridized carbons (Fsp3) is 0.625. The summed E-state index contributed by atoms with van der Waals surface area (Å²) in [6.07, 6.45) is 1.20. The summed E-state index contributed by atoms with van der Waals surface area (Å²) in [6.45, 7) is 0.542. The van der Waals surface area contributed by atoms with E-state index < -0.39 is 18.0 Å². The molecular weight excluding hydrogens is 228 g/mol. The molecule has 0 aliphatic heterocycles. The summed E-state index contributed by atoms with van der Waals surface area (Å²) in [4.78, 5) is 19.8. The highest BCUT2D eigenvalue weighted by Gasteiger charge is 2.12. The van der Waals surface area contributed by atoms with Crippen LogP contribution >= 0.6 is 0 Å². The molecule has 1 unspecified atom stereocenters. The molecule has 0 fully saturated rings. The van der Waals surface area contributed by atoms with Crippen LogP contribution in [0, 0.1) is 5.41 Å². The minimum absolute atomic E-state index is 0.0772. The highest BCUT2D eigenvalue weighted by atomic mass is 16.5. The molecule has 0 aromatic rings. The Morgan fingerprint density at radius 3 is 2.18 bits per heavy atom. The molecule has 0 saturated heterocycles. The van der Waals surface area contributed by atoms with Crippen LogP contribution in [0.25, 0.3) is 0 Å². The van der Waals surface area contributed by atoms with Gasteiger partial charge in [0.15, 0.2) is 5.96 Å².